The Kier molecular flexibility index (Phi) is 6.22. The summed E-state index contributed by atoms with van der Waals surface area (Å²) < 4.78 is 20.4. The molecule has 3 rings (SSSR count). The lowest BCUT2D eigenvalue weighted by Crippen LogP contribution is -1.97. The van der Waals surface area contributed by atoms with Gasteiger partial charge in [-0.15, -0.1) is 0 Å². The Morgan fingerprint density at radius 1 is 0.889 bits per heavy atom. The lowest BCUT2D eigenvalue weighted by Gasteiger charge is -2.12. The maximum Gasteiger partial charge on any atom is 0.131 e. The van der Waals surface area contributed by atoms with Crippen molar-refractivity contribution < 1.29 is 9.13 Å². The number of hydrogen-bond donors (Lipinski definition) is 0. The number of halogens is 1. The maximum atomic E-state index is 14.6. The van der Waals surface area contributed by atoms with Gasteiger partial charge >= 0.3 is 0 Å². The number of nitrogens with zero attached hydrogens (tertiary/aromatic N) is 1. The Morgan fingerprint density at radius 2 is 1.59 bits per heavy atom. The first-order chi connectivity index (χ1) is 13.2. The van der Waals surface area contributed by atoms with Gasteiger partial charge in [0.25, 0.3) is 0 Å². The molecule has 2 nitrogen and oxygen atoms in total. The van der Waals surface area contributed by atoms with Gasteiger partial charge in [0.1, 0.15) is 11.6 Å². The number of benzene rings is 3. The number of unbranched alkanes of at least 4 members (excludes halogenated alkanes) is 2. The van der Waals surface area contributed by atoms with E-state index in [0.29, 0.717) is 17.7 Å². The van der Waals surface area contributed by atoms with Crippen LogP contribution in [0.2, 0.25) is 0 Å². The van der Waals surface area contributed by atoms with Gasteiger partial charge in [-0.25, -0.2) is 4.39 Å². The van der Waals surface area contributed by atoms with E-state index < -0.39 is 0 Å². The molecular formula is C24H22FNO. The molecule has 27 heavy (non-hydrogen) atoms. The van der Waals surface area contributed by atoms with E-state index in [-0.39, 0.29) is 5.82 Å². The average Bonchev–Trinajstić information content (AvgIpc) is 2.72. The minimum absolute atomic E-state index is 0.280. The molecule has 3 aromatic rings. The number of rotatable bonds is 7. The molecule has 0 aromatic heterocycles. The van der Waals surface area contributed by atoms with Crippen LogP contribution in [0.4, 0.5) is 4.39 Å². The first-order valence-electron chi connectivity index (χ1n) is 9.25. The Hall–Kier alpha value is -3.12. The van der Waals surface area contributed by atoms with Crippen molar-refractivity contribution in [3.05, 3.63) is 78.1 Å². The summed E-state index contributed by atoms with van der Waals surface area (Å²) in [7, 11) is 0. The zero-order chi connectivity index (χ0) is 19.1. The standard InChI is InChI=1S/C24H22FNO/c1-2-3-4-16-27-21-14-12-19(13-15-21)22-6-5-7-23(25)24(22)20-10-8-18(17-26)9-11-20/h5-15H,2-4,16H2,1H3. The third kappa shape index (κ3) is 4.54. The minimum Gasteiger partial charge on any atom is -0.494 e. The van der Waals surface area contributed by atoms with E-state index in [2.05, 4.69) is 13.0 Å². The predicted molar refractivity (Wildman–Crippen MR) is 107 cm³/mol. The summed E-state index contributed by atoms with van der Waals surface area (Å²) in [5, 5.41) is 8.97. The van der Waals surface area contributed by atoms with Gasteiger partial charge in [-0.1, -0.05) is 56.2 Å². The van der Waals surface area contributed by atoms with E-state index in [1.54, 1.807) is 30.3 Å². The highest BCUT2D eigenvalue weighted by Crippen LogP contribution is 2.35. The van der Waals surface area contributed by atoms with Crippen molar-refractivity contribution in [1.82, 2.24) is 0 Å². The van der Waals surface area contributed by atoms with Crippen molar-refractivity contribution in [3.63, 3.8) is 0 Å². The molecule has 0 saturated heterocycles. The highest BCUT2D eigenvalue weighted by atomic mass is 19.1. The van der Waals surface area contributed by atoms with Crippen LogP contribution in [0.5, 0.6) is 5.75 Å². The monoisotopic (exact) mass is 359 g/mol. The Labute approximate surface area is 159 Å². The molecule has 136 valence electrons. The molecule has 0 amide bonds. The molecule has 0 unspecified atom stereocenters. The van der Waals surface area contributed by atoms with Gasteiger partial charge in [0.05, 0.1) is 18.2 Å². The molecule has 0 fully saturated rings. The molecule has 0 aliphatic carbocycles. The molecular weight excluding hydrogens is 337 g/mol. The van der Waals surface area contributed by atoms with Crippen molar-refractivity contribution in [3.8, 4) is 34.1 Å². The van der Waals surface area contributed by atoms with Crippen molar-refractivity contribution in [2.75, 3.05) is 6.61 Å². The average molecular weight is 359 g/mol. The van der Waals surface area contributed by atoms with E-state index in [1.165, 1.54) is 12.5 Å². The zero-order valence-corrected chi connectivity index (χ0v) is 15.4. The summed E-state index contributed by atoms with van der Waals surface area (Å²) in [5.74, 6) is 0.545. The van der Waals surface area contributed by atoms with Crippen LogP contribution < -0.4 is 4.74 Å². The van der Waals surface area contributed by atoms with E-state index in [9.17, 15) is 4.39 Å². The second-order valence-electron chi connectivity index (χ2n) is 6.43. The molecule has 0 saturated carbocycles. The van der Waals surface area contributed by atoms with Crippen LogP contribution in [0.15, 0.2) is 66.7 Å². The van der Waals surface area contributed by atoms with Gasteiger partial charge < -0.3 is 4.74 Å². The molecule has 0 atom stereocenters. The van der Waals surface area contributed by atoms with E-state index in [4.69, 9.17) is 10.00 Å². The van der Waals surface area contributed by atoms with Gasteiger partial charge in [0.15, 0.2) is 0 Å². The smallest absolute Gasteiger partial charge is 0.131 e. The Morgan fingerprint density at radius 3 is 2.26 bits per heavy atom. The third-order valence-electron chi connectivity index (χ3n) is 4.50. The van der Waals surface area contributed by atoms with E-state index in [1.807, 2.05) is 30.3 Å². The number of ether oxygens (including phenoxy) is 1. The van der Waals surface area contributed by atoms with Crippen molar-refractivity contribution in [2.24, 2.45) is 0 Å². The fraction of sp³-hybridized carbons (Fsp3) is 0.208. The highest BCUT2D eigenvalue weighted by Gasteiger charge is 2.12. The first-order valence-corrected chi connectivity index (χ1v) is 9.25. The summed E-state index contributed by atoms with van der Waals surface area (Å²) in [4.78, 5) is 0. The fourth-order valence-electron chi connectivity index (χ4n) is 3.04. The second-order valence-corrected chi connectivity index (χ2v) is 6.43. The summed E-state index contributed by atoms with van der Waals surface area (Å²) in [6.07, 6.45) is 3.38. The summed E-state index contributed by atoms with van der Waals surface area (Å²) in [5.41, 5.74) is 3.59. The predicted octanol–water partition coefficient (Wildman–Crippen LogP) is 6.60. The fourth-order valence-corrected chi connectivity index (χ4v) is 3.04. The largest absolute Gasteiger partial charge is 0.494 e. The molecule has 3 aromatic carbocycles. The normalized spacial score (nSPS) is 10.4. The summed E-state index contributed by atoms with van der Waals surface area (Å²) >= 11 is 0. The van der Waals surface area contributed by atoms with Crippen molar-refractivity contribution in [1.29, 1.82) is 5.26 Å². The van der Waals surface area contributed by atoms with Gasteiger partial charge in [-0.3, -0.25) is 0 Å². The molecule has 0 spiro atoms. The van der Waals surface area contributed by atoms with Crippen LogP contribution in [-0.4, -0.2) is 6.61 Å². The summed E-state index contributed by atoms with van der Waals surface area (Å²) in [6, 6.07) is 21.9. The second kappa shape index (κ2) is 9.00. The first kappa shape index (κ1) is 18.7. The van der Waals surface area contributed by atoms with Crippen LogP contribution in [-0.2, 0) is 0 Å². The number of hydrogen-bond acceptors (Lipinski definition) is 2. The molecule has 0 aliphatic rings. The van der Waals surface area contributed by atoms with Crippen LogP contribution in [0.3, 0.4) is 0 Å². The van der Waals surface area contributed by atoms with Gasteiger partial charge in [-0.2, -0.15) is 5.26 Å². The van der Waals surface area contributed by atoms with Crippen LogP contribution >= 0.6 is 0 Å². The lowest BCUT2D eigenvalue weighted by molar-refractivity contribution is 0.306. The zero-order valence-electron chi connectivity index (χ0n) is 15.4. The Balaban J connectivity index is 1.88. The van der Waals surface area contributed by atoms with Gasteiger partial charge in [0, 0.05) is 5.56 Å². The highest BCUT2D eigenvalue weighted by molar-refractivity contribution is 5.84. The minimum atomic E-state index is -0.280. The van der Waals surface area contributed by atoms with Crippen LogP contribution in [0.1, 0.15) is 31.7 Å². The summed E-state index contributed by atoms with van der Waals surface area (Å²) in [6.45, 7) is 2.88. The SMILES string of the molecule is CCCCCOc1ccc(-c2cccc(F)c2-c2ccc(C#N)cc2)cc1. The molecule has 0 radical (unpaired) electrons. The van der Waals surface area contributed by atoms with Crippen molar-refractivity contribution >= 4 is 0 Å². The van der Waals surface area contributed by atoms with E-state index >= 15 is 0 Å². The molecule has 0 bridgehead atoms. The lowest BCUT2D eigenvalue weighted by atomic mass is 9.93. The topological polar surface area (TPSA) is 33.0 Å². The molecule has 0 heterocycles. The quantitative estimate of drug-likeness (QED) is 0.445. The van der Waals surface area contributed by atoms with E-state index in [0.717, 1.165) is 35.3 Å². The molecule has 0 N–H and O–H groups in total. The number of nitriles is 1. The maximum absolute atomic E-state index is 14.6. The molecule has 0 aliphatic heterocycles. The van der Waals surface area contributed by atoms with Gasteiger partial charge in [-0.05, 0) is 53.4 Å². The van der Waals surface area contributed by atoms with Crippen molar-refractivity contribution in [2.45, 2.75) is 26.2 Å². The molecule has 3 heteroatoms. The van der Waals surface area contributed by atoms with Crippen LogP contribution in [0.25, 0.3) is 22.3 Å². The third-order valence-corrected chi connectivity index (χ3v) is 4.50. The van der Waals surface area contributed by atoms with Crippen LogP contribution in [0, 0.1) is 17.1 Å². The van der Waals surface area contributed by atoms with Gasteiger partial charge in [0.2, 0.25) is 0 Å². The Bertz CT molecular complexity index is 924.